The highest BCUT2D eigenvalue weighted by molar-refractivity contribution is 5.98. The molecule has 1 aromatic carbocycles. The number of nitrogens with zero attached hydrogens (tertiary/aromatic N) is 1. The van der Waals surface area contributed by atoms with Crippen molar-refractivity contribution in [2.24, 2.45) is 5.92 Å². The topological polar surface area (TPSA) is 115 Å². The number of allylic oxidation sites excluding steroid dienone is 1. The van der Waals surface area contributed by atoms with Gasteiger partial charge in [0.05, 0.1) is 17.6 Å². The van der Waals surface area contributed by atoms with Gasteiger partial charge in [0.15, 0.2) is 11.9 Å². The minimum absolute atomic E-state index is 0.0171. The second kappa shape index (κ2) is 10.7. The Morgan fingerprint density at radius 3 is 2.41 bits per heavy atom. The van der Waals surface area contributed by atoms with E-state index >= 15 is 0 Å². The second-order valence-corrected chi connectivity index (χ2v) is 9.23. The van der Waals surface area contributed by atoms with Gasteiger partial charge in [-0.2, -0.15) is 13.2 Å². The molecule has 2 N–H and O–H groups in total. The number of para-hydroxylation sites is 1. The van der Waals surface area contributed by atoms with Crippen LogP contribution in [-0.4, -0.2) is 58.4 Å². The zero-order valence-electron chi connectivity index (χ0n) is 20.3. The molecule has 1 heterocycles. The Morgan fingerprint density at radius 2 is 1.84 bits per heavy atom. The fourth-order valence-electron chi connectivity index (χ4n) is 4.42. The van der Waals surface area contributed by atoms with Crippen LogP contribution in [0.5, 0.6) is 0 Å². The quantitative estimate of drug-likeness (QED) is 0.486. The summed E-state index contributed by atoms with van der Waals surface area (Å²) in [6.45, 7) is 3.12. The molecular weight excluding hydrogens is 500 g/mol. The fraction of sp³-hybridized carbons (Fsp3) is 0.440. The second-order valence-electron chi connectivity index (χ2n) is 9.23. The SMILES string of the molecule is CC1CC(C(F)(F)F)=Cc2c1c1ccccc1n2C(=O)OC(C(=O)NC(CC(=O)O)C(=O)CF)C(C)C. The van der Waals surface area contributed by atoms with Crippen LogP contribution in [0.15, 0.2) is 29.8 Å². The van der Waals surface area contributed by atoms with Gasteiger partial charge in [0, 0.05) is 11.0 Å². The molecule has 3 unspecified atom stereocenters. The number of amides is 1. The van der Waals surface area contributed by atoms with Gasteiger partial charge < -0.3 is 15.2 Å². The molecule has 0 saturated heterocycles. The summed E-state index contributed by atoms with van der Waals surface area (Å²) in [5.74, 6) is -4.93. The number of carboxylic acid groups (broad SMARTS) is 1. The van der Waals surface area contributed by atoms with Crippen LogP contribution in [0, 0.1) is 5.92 Å². The summed E-state index contributed by atoms with van der Waals surface area (Å²) in [7, 11) is 0. The van der Waals surface area contributed by atoms with Crippen LogP contribution in [0.4, 0.5) is 22.4 Å². The number of carbonyl (C=O) groups excluding carboxylic acids is 3. The molecule has 0 saturated carbocycles. The third-order valence-electron chi connectivity index (χ3n) is 6.14. The Kier molecular flexibility index (Phi) is 8.09. The van der Waals surface area contributed by atoms with Gasteiger partial charge in [0.25, 0.3) is 5.91 Å². The first-order chi connectivity index (χ1) is 17.3. The maximum absolute atomic E-state index is 13.6. The number of alkyl halides is 4. The lowest BCUT2D eigenvalue weighted by Gasteiger charge is -2.25. The van der Waals surface area contributed by atoms with Crippen molar-refractivity contribution >= 4 is 40.7 Å². The molecule has 2 aromatic rings. The predicted octanol–water partition coefficient (Wildman–Crippen LogP) is 4.60. The summed E-state index contributed by atoms with van der Waals surface area (Å²) in [5, 5.41) is 11.6. The van der Waals surface area contributed by atoms with E-state index in [2.05, 4.69) is 5.32 Å². The number of fused-ring (bicyclic) bond motifs is 3. The number of halogens is 4. The van der Waals surface area contributed by atoms with Gasteiger partial charge >= 0.3 is 18.2 Å². The van der Waals surface area contributed by atoms with E-state index in [9.17, 15) is 36.7 Å². The number of carbonyl (C=O) groups is 4. The lowest BCUT2D eigenvalue weighted by Crippen LogP contribution is -2.49. The van der Waals surface area contributed by atoms with Crippen molar-refractivity contribution in [3.63, 3.8) is 0 Å². The highest BCUT2D eigenvalue weighted by Gasteiger charge is 2.40. The van der Waals surface area contributed by atoms with Crippen LogP contribution in [-0.2, 0) is 19.1 Å². The molecule has 200 valence electrons. The van der Waals surface area contributed by atoms with Gasteiger partial charge in [-0.25, -0.2) is 13.8 Å². The van der Waals surface area contributed by atoms with E-state index in [1.165, 1.54) is 19.9 Å². The van der Waals surface area contributed by atoms with Crippen molar-refractivity contribution < 1.29 is 46.6 Å². The number of ketones is 1. The van der Waals surface area contributed by atoms with Crippen molar-refractivity contribution in [1.29, 1.82) is 0 Å². The van der Waals surface area contributed by atoms with Crippen LogP contribution in [0.25, 0.3) is 17.0 Å². The van der Waals surface area contributed by atoms with Crippen LogP contribution in [0.1, 0.15) is 50.8 Å². The maximum atomic E-state index is 13.6. The van der Waals surface area contributed by atoms with Gasteiger partial charge in [-0.15, -0.1) is 0 Å². The van der Waals surface area contributed by atoms with Crippen LogP contribution in [0.2, 0.25) is 0 Å². The molecular formula is C25H26F4N2O6. The number of carboxylic acids is 1. The minimum Gasteiger partial charge on any atom is -0.481 e. The summed E-state index contributed by atoms with van der Waals surface area (Å²) >= 11 is 0. The number of Topliss-reactive ketones (excluding diaryl/α,β-unsaturated/α-hetero) is 1. The van der Waals surface area contributed by atoms with Crippen molar-refractivity contribution in [2.45, 2.75) is 57.9 Å². The monoisotopic (exact) mass is 526 g/mol. The van der Waals surface area contributed by atoms with Crippen molar-refractivity contribution in [1.82, 2.24) is 9.88 Å². The molecule has 0 radical (unpaired) electrons. The summed E-state index contributed by atoms with van der Waals surface area (Å²) in [5.41, 5.74) is -0.0234. The fourth-order valence-corrected chi connectivity index (χ4v) is 4.42. The Balaban J connectivity index is 2.01. The average molecular weight is 526 g/mol. The standard InChI is InChI=1S/C25H26F4N2O6/c1-12(2)22(23(35)30-16(10-20(33)34)19(32)11-26)37-24(36)31-17-7-5-4-6-15(17)21-13(3)8-14(9-18(21)31)25(27,28)29/h4-7,9,12-13,16,22H,8,10-11H2,1-3H3,(H,30,35)(H,33,34). The number of nitrogens with one attached hydrogen (secondary N) is 1. The Hall–Kier alpha value is -3.70. The highest BCUT2D eigenvalue weighted by Crippen LogP contribution is 2.44. The molecule has 1 aromatic heterocycles. The third kappa shape index (κ3) is 5.83. The number of hydrogen-bond donors (Lipinski definition) is 2. The first-order valence-corrected chi connectivity index (χ1v) is 11.5. The van der Waals surface area contributed by atoms with Gasteiger partial charge in [0.2, 0.25) is 0 Å². The number of aromatic nitrogens is 1. The zero-order valence-corrected chi connectivity index (χ0v) is 20.3. The van der Waals surface area contributed by atoms with Crippen LogP contribution >= 0.6 is 0 Å². The van der Waals surface area contributed by atoms with E-state index in [0.29, 0.717) is 10.9 Å². The minimum atomic E-state index is -4.61. The van der Waals surface area contributed by atoms with Crippen molar-refractivity contribution in [2.75, 3.05) is 6.67 Å². The molecule has 1 aliphatic rings. The van der Waals surface area contributed by atoms with Crippen molar-refractivity contribution in [3.8, 4) is 0 Å². The number of aliphatic carboxylic acids is 1. The normalized spacial score (nSPS) is 17.1. The molecule has 0 fully saturated rings. The smallest absolute Gasteiger partial charge is 0.419 e. The summed E-state index contributed by atoms with van der Waals surface area (Å²) in [4.78, 5) is 49.0. The van der Waals surface area contributed by atoms with E-state index in [4.69, 9.17) is 9.84 Å². The third-order valence-corrected chi connectivity index (χ3v) is 6.14. The average Bonchev–Trinajstić information content (AvgIpc) is 3.15. The number of hydrogen-bond acceptors (Lipinski definition) is 5. The van der Waals surface area contributed by atoms with Gasteiger partial charge in [-0.05, 0) is 36.0 Å². The van der Waals surface area contributed by atoms with E-state index in [0.717, 1.165) is 10.6 Å². The highest BCUT2D eigenvalue weighted by atomic mass is 19.4. The molecule has 3 rings (SSSR count). The zero-order chi connectivity index (χ0) is 27.7. The van der Waals surface area contributed by atoms with E-state index < -0.39 is 72.6 Å². The molecule has 12 heteroatoms. The lowest BCUT2D eigenvalue weighted by molar-refractivity contribution is -0.141. The van der Waals surface area contributed by atoms with Gasteiger partial charge in [-0.1, -0.05) is 39.0 Å². The first-order valence-electron chi connectivity index (χ1n) is 11.5. The summed E-state index contributed by atoms with van der Waals surface area (Å²) in [6.07, 6.45) is -7.57. The molecule has 0 spiro atoms. The van der Waals surface area contributed by atoms with Crippen LogP contribution < -0.4 is 5.32 Å². The molecule has 3 atom stereocenters. The first kappa shape index (κ1) is 27.9. The predicted molar refractivity (Wildman–Crippen MR) is 125 cm³/mol. The molecule has 37 heavy (non-hydrogen) atoms. The van der Waals surface area contributed by atoms with Crippen molar-refractivity contribution in [3.05, 3.63) is 41.1 Å². The molecule has 0 bridgehead atoms. The molecule has 1 aliphatic carbocycles. The van der Waals surface area contributed by atoms with Crippen LogP contribution in [0.3, 0.4) is 0 Å². The maximum Gasteiger partial charge on any atom is 0.419 e. The van der Waals surface area contributed by atoms with E-state index in [1.54, 1.807) is 25.1 Å². The van der Waals surface area contributed by atoms with Gasteiger partial charge in [-0.3, -0.25) is 14.4 Å². The Labute approximate surface area is 209 Å². The van der Waals surface area contributed by atoms with Gasteiger partial charge in [0.1, 0.15) is 12.7 Å². The Bertz CT molecular complexity index is 1260. The largest absolute Gasteiger partial charge is 0.481 e. The lowest BCUT2D eigenvalue weighted by atomic mass is 9.86. The Morgan fingerprint density at radius 1 is 1.19 bits per heavy atom. The number of benzene rings is 1. The number of ether oxygens (including phenoxy) is 1. The van der Waals surface area contributed by atoms with E-state index in [1.807, 2.05) is 0 Å². The van der Waals surface area contributed by atoms with E-state index in [-0.39, 0.29) is 17.6 Å². The molecule has 1 amide bonds. The molecule has 0 aliphatic heterocycles. The summed E-state index contributed by atoms with van der Waals surface area (Å²) < 4.78 is 60.0. The molecule has 8 nitrogen and oxygen atoms in total. The summed E-state index contributed by atoms with van der Waals surface area (Å²) in [6, 6.07) is 4.81. The number of rotatable bonds is 8.